The second kappa shape index (κ2) is 9.24. The number of carbonyl (C=O) groups is 2. The molecule has 1 amide bonds. The number of fused-ring (bicyclic) bond motifs is 1. The number of allylic oxidation sites excluding steroid dienone is 1. The summed E-state index contributed by atoms with van der Waals surface area (Å²) in [7, 11) is 0. The molecule has 0 saturated carbocycles. The van der Waals surface area contributed by atoms with Gasteiger partial charge in [0.15, 0.2) is 0 Å². The lowest BCUT2D eigenvalue weighted by molar-refractivity contribution is -0.146. The molecule has 7 nitrogen and oxygen atoms in total. The molecule has 160 valence electrons. The molecule has 1 unspecified atom stereocenters. The molecule has 0 fully saturated rings. The summed E-state index contributed by atoms with van der Waals surface area (Å²) < 4.78 is 10.4. The highest BCUT2D eigenvalue weighted by molar-refractivity contribution is 5.82. The smallest absolute Gasteiger partial charge is 0.407 e. The highest BCUT2D eigenvalue weighted by Crippen LogP contribution is 2.30. The van der Waals surface area contributed by atoms with Gasteiger partial charge < -0.3 is 14.8 Å². The Morgan fingerprint density at radius 2 is 2.07 bits per heavy atom. The van der Waals surface area contributed by atoms with Crippen LogP contribution in [0.3, 0.4) is 0 Å². The molecule has 7 heteroatoms. The number of aromatic nitrogens is 2. The molecule has 1 atom stereocenters. The highest BCUT2D eigenvalue weighted by Gasteiger charge is 2.23. The van der Waals surface area contributed by atoms with Gasteiger partial charge in [0.25, 0.3) is 0 Å². The topological polar surface area (TPSA) is 90.4 Å². The van der Waals surface area contributed by atoms with Crippen LogP contribution in [0.1, 0.15) is 58.3 Å². The lowest BCUT2D eigenvalue weighted by Crippen LogP contribution is -2.32. The van der Waals surface area contributed by atoms with Gasteiger partial charge >= 0.3 is 12.1 Å². The summed E-state index contributed by atoms with van der Waals surface area (Å²) in [6, 6.07) is 5.80. The fraction of sp³-hybridized carbons (Fsp3) is 0.478. The molecule has 1 N–H and O–H groups in total. The molecule has 1 aliphatic carbocycles. The van der Waals surface area contributed by atoms with Crippen LogP contribution in [0.2, 0.25) is 0 Å². The average Bonchev–Trinajstić information content (AvgIpc) is 2.70. The largest absolute Gasteiger partial charge is 0.466 e. The van der Waals surface area contributed by atoms with Crippen molar-refractivity contribution in [1.29, 1.82) is 0 Å². The van der Waals surface area contributed by atoms with Gasteiger partial charge in [0, 0.05) is 11.6 Å². The van der Waals surface area contributed by atoms with Crippen LogP contribution in [0, 0.1) is 5.92 Å². The number of nitrogens with one attached hydrogen (secondary N) is 1. The molecule has 0 aliphatic heterocycles. The first-order valence-electron chi connectivity index (χ1n) is 10.4. The van der Waals surface area contributed by atoms with Crippen molar-refractivity contribution in [1.82, 2.24) is 15.3 Å². The van der Waals surface area contributed by atoms with Gasteiger partial charge in [-0.15, -0.1) is 0 Å². The van der Waals surface area contributed by atoms with Crippen molar-refractivity contribution in [2.45, 2.75) is 59.1 Å². The van der Waals surface area contributed by atoms with Crippen LogP contribution in [0.5, 0.6) is 0 Å². The first kappa shape index (κ1) is 21.7. The Hall–Kier alpha value is -2.96. The molecular weight excluding hydrogens is 382 g/mol. The van der Waals surface area contributed by atoms with E-state index in [0.717, 1.165) is 41.4 Å². The van der Waals surface area contributed by atoms with E-state index in [-0.39, 0.29) is 18.4 Å². The molecule has 3 rings (SSSR count). The Bertz CT molecular complexity index is 963. The predicted octanol–water partition coefficient (Wildman–Crippen LogP) is 4.40. The van der Waals surface area contributed by atoms with Crippen molar-refractivity contribution < 1.29 is 19.1 Å². The zero-order chi connectivity index (χ0) is 21.7. The third-order valence-electron chi connectivity index (χ3n) is 4.72. The van der Waals surface area contributed by atoms with Crippen LogP contribution in [-0.4, -0.2) is 34.2 Å². The van der Waals surface area contributed by atoms with Crippen molar-refractivity contribution >= 4 is 28.5 Å². The van der Waals surface area contributed by atoms with Gasteiger partial charge in [0.2, 0.25) is 0 Å². The SMILES string of the molecule is CCOC(=O)C1C=C(c2ccc3cnc(CNC(=O)OC(C)(C)C)cc3n2)CCC1. The van der Waals surface area contributed by atoms with Gasteiger partial charge in [-0.05, 0) is 70.7 Å². The van der Waals surface area contributed by atoms with Crippen LogP contribution < -0.4 is 5.32 Å². The second-order valence-electron chi connectivity index (χ2n) is 8.36. The molecule has 0 spiro atoms. The quantitative estimate of drug-likeness (QED) is 0.734. The Balaban J connectivity index is 1.76. The maximum absolute atomic E-state index is 12.1. The highest BCUT2D eigenvalue weighted by atomic mass is 16.6. The molecule has 0 bridgehead atoms. The van der Waals surface area contributed by atoms with E-state index < -0.39 is 11.7 Å². The van der Waals surface area contributed by atoms with Gasteiger partial charge in [-0.2, -0.15) is 0 Å². The number of amides is 1. The minimum atomic E-state index is -0.549. The van der Waals surface area contributed by atoms with Crippen molar-refractivity contribution in [2.24, 2.45) is 5.92 Å². The molecule has 2 aromatic rings. The normalized spacial score (nSPS) is 16.7. The average molecular weight is 412 g/mol. The number of esters is 1. The van der Waals surface area contributed by atoms with Crippen LogP contribution in [0.25, 0.3) is 16.5 Å². The fourth-order valence-corrected chi connectivity index (χ4v) is 3.38. The monoisotopic (exact) mass is 411 g/mol. The van der Waals surface area contributed by atoms with Gasteiger partial charge in [-0.3, -0.25) is 9.78 Å². The number of alkyl carbamates (subject to hydrolysis) is 1. The van der Waals surface area contributed by atoms with Crippen molar-refractivity contribution in [3.05, 3.63) is 41.9 Å². The van der Waals surface area contributed by atoms with E-state index in [4.69, 9.17) is 14.5 Å². The predicted molar refractivity (Wildman–Crippen MR) is 115 cm³/mol. The van der Waals surface area contributed by atoms with Gasteiger partial charge in [-0.1, -0.05) is 6.08 Å². The Kier molecular flexibility index (Phi) is 6.70. The van der Waals surface area contributed by atoms with Crippen LogP contribution in [-0.2, 0) is 20.8 Å². The number of ether oxygens (including phenoxy) is 2. The van der Waals surface area contributed by atoms with Crippen molar-refractivity contribution in [2.75, 3.05) is 6.61 Å². The van der Waals surface area contributed by atoms with Crippen LogP contribution in [0.4, 0.5) is 4.79 Å². The Morgan fingerprint density at radius 3 is 2.80 bits per heavy atom. The van der Waals surface area contributed by atoms with E-state index in [9.17, 15) is 9.59 Å². The van der Waals surface area contributed by atoms with Gasteiger partial charge in [0.05, 0.1) is 36.0 Å². The van der Waals surface area contributed by atoms with Crippen LogP contribution in [0.15, 0.2) is 30.5 Å². The minimum Gasteiger partial charge on any atom is -0.466 e. The summed E-state index contributed by atoms with van der Waals surface area (Å²) >= 11 is 0. The molecule has 30 heavy (non-hydrogen) atoms. The zero-order valence-corrected chi connectivity index (χ0v) is 18.0. The number of pyridine rings is 2. The van der Waals surface area contributed by atoms with E-state index in [1.165, 1.54) is 0 Å². The number of hydrogen-bond donors (Lipinski definition) is 1. The molecule has 2 heterocycles. The summed E-state index contributed by atoms with van der Waals surface area (Å²) in [5.74, 6) is -0.382. The summed E-state index contributed by atoms with van der Waals surface area (Å²) in [6.45, 7) is 7.92. The van der Waals surface area contributed by atoms with E-state index in [2.05, 4.69) is 10.3 Å². The van der Waals surface area contributed by atoms with E-state index >= 15 is 0 Å². The third-order valence-corrected chi connectivity index (χ3v) is 4.72. The van der Waals surface area contributed by atoms with E-state index in [0.29, 0.717) is 12.3 Å². The Morgan fingerprint density at radius 1 is 1.27 bits per heavy atom. The third kappa shape index (κ3) is 5.78. The lowest BCUT2D eigenvalue weighted by Gasteiger charge is -2.20. The summed E-state index contributed by atoms with van der Waals surface area (Å²) in [6.07, 6.45) is 5.86. The number of rotatable bonds is 5. The zero-order valence-electron chi connectivity index (χ0n) is 18.0. The van der Waals surface area contributed by atoms with E-state index in [1.807, 2.05) is 52.0 Å². The maximum atomic E-state index is 12.1. The van der Waals surface area contributed by atoms with E-state index in [1.54, 1.807) is 6.20 Å². The number of hydrogen-bond acceptors (Lipinski definition) is 6. The first-order chi connectivity index (χ1) is 14.2. The molecular formula is C23H29N3O4. The number of carbonyl (C=O) groups excluding carboxylic acids is 2. The fourth-order valence-electron chi connectivity index (χ4n) is 3.38. The minimum absolute atomic E-state index is 0.171. The van der Waals surface area contributed by atoms with Gasteiger partial charge in [0.1, 0.15) is 5.60 Å². The van der Waals surface area contributed by atoms with Crippen molar-refractivity contribution in [3.8, 4) is 0 Å². The van der Waals surface area contributed by atoms with Gasteiger partial charge in [-0.25, -0.2) is 9.78 Å². The second-order valence-corrected chi connectivity index (χ2v) is 8.36. The molecule has 2 aromatic heterocycles. The maximum Gasteiger partial charge on any atom is 0.407 e. The molecule has 0 radical (unpaired) electrons. The molecule has 0 saturated heterocycles. The summed E-state index contributed by atoms with van der Waals surface area (Å²) in [5, 5.41) is 3.63. The summed E-state index contributed by atoms with van der Waals surface area (Å²) in [4.78, 5) is 33.1. The van der Waals surface area contributed by atoms with Crippen LogP contribution >= 0.6 is 0 Å². The molecule has 1 aliphatic rings. The number of nitrogens with zero attached hydrogens (tertiary/aromatic N) is 2. The standard InChI is InChI=1S/C23H29N3O4/c1-5-29-21(27)16-8-6-7-15(11-16)19-10-9-17-13-24-18(12-20(17)26-19)14-25-22(28)30-23(2,3)4/h9-13,16H,5-8,14H2,1-4H3,(H,25,28). The lowest BCUT2D eigenvalue weighted by atomic mass is 9.89. The first-order valence-corrected chi connectivity index (χ1v) is 10.4. The Labute approximate surface area is 176 Å². The molecule has 0 aromatic carbocycles. The van der Waals surface area contributed by atoms with Crippen molar-refractivity contribution in [3.63, 3.8) is 0 Å². The summed E-state index contributed by atoms with van der Waals surface area (Å²) in [5.41, 5.74) is 2.86.